The van der Waals surface area contributed by atoms with E-state index >= 15 is 0 Å². The van der Waals surface area contributed by atoms with Crippen molar-refractivity contribution in [3.63, 3.8) is 0 Å². The zero-order chi connectivity index (χ0) is 26.2. The van der Waals surface area contributed by atoms with Crippen LogP contribution in [0.1, 0.15) is 48.3 Å². The number of anilines is 1. The third-order valence-corrected chi connectivity index (χ3v) is 7.65. The summed E-state index contributed by atoms with van der Waals surface area (Å²) < 4.78 is 0. The number of allylic oxidation sites excluding steroid dienone is 1. The SMILES string of the molecule is C/C=C\C(=N/N(C)C)N1CCN(c2ncc(C(=O)NC(CCCC)Cc3c[nH]c4ccccc34)s2)CC1. The van der Waals surface area contributed by atoms with Crippen LogP contribution in [0.3, 0.4) is 0 Å². The molecule has 4 rings (SSSR count). The molecular formula is C28H39N7OS. The van der Waals surface area contributed by atoms with Gasteiger partial charge in [0, 0.05) is 63.4 Å². The number of carbonyl (C=O) groups is 1. The Morgan fingerprint density at radius 3 is 2.78 bits per heavy atom. The van der Waals surface area contributed by atoms with Crippen LogP contribution >= 0.6 is 11.3 Å². The van der Waals surface area contributed by atoms with E-state index in [1.165, 1.54) is 22.3 Å². The number of H-pyrrole nitrogens is 1. The van der Waals surface area contributed by atoms with Crippen LogP contribution in [-0.2, 0) is 6.42 Å². The quantitative estimate of drug-likeness (QED) is 0.229. The zero-order valence-electron chi connectivity index (χ0n) is 22.4. The average molecular weight is 522 g/mol. The van der Waals surface area contributed by atoms with Gasteiger partial charge in [-0.05, 0) is 37.5 Å². The second-order valence-electron chi connectivity index (χ2n) is 9.66. The molecule has 1 unspecified atom stereocenters. The Morgan fingerprint density at radius 1 is 1.27 bits per heavy atom. The van der Waals surface area contributed by atoms with Crippen molar-refractivity contribution < 1.29 is 4.79 Å². The number of hydrogen-bond acceptors (Lipinski definition) is 6. The first-order valence-corrected chi connectivity index (χ1v) is 14.0. The van der Waals surface area contributed by atoms with Gasteiger partial charge in [0.05, 0.1) is 6.20 Å². The number of hydrogen-bond donors (Lipinski definition) is 2. The van der Waals surface area contributed by atoms with Gasteiger partial charge in [-0.3, -0.25) is 4.79 Å². The molecule has 2 aromatic heterocycles. The van der Waals surface area contributed by atoms with Crippen molar-refractivity contribution in [2.75, 3.05) is 45.2 Å². The lowest BCUT2D eigenvalue weighted by atomic mass is 10.0. The van der Waals surface area contributed by atoms with Crippen LogP contribution in [0.5, 0.6) is 0 Å². The van der Waals surface area contributed by atoms with Crippen LogP contribution in [0.25, 0.3) is 10.9 Å². The Balaban J connectivity index is 1.38. The summed E-state index contributed by atoms with van der Waals surface area (Å²) in [7, 11) is 3.88. The van der Waals surface area contributed by atoms with Crippen molar-refractivity contribution in [2.45, 2.75) is 45.6 Å². The highest BCUT2D eigenvalue weighted by atomic mass is 32.1. The van der Waals surface area contributed by atoms with E-state index in [2.05, 4.69) is 61.5 Å². The monoisotopic (exact) mass is 521 g/mol. The van der Waals surface area contributed by atoms with Gasteiger partial charge in [0.15, 0.2) is 5.13 Å². The molecule has 1 fully saturated rings. The highest BCUT2D eigenvalue weighted by Gasteiger charge is 2.23. The molecule has 0 saturated carbocycles. The summed E-state index contributed by atoms with van der Waals surface area (Å²) in [5.74, 6) is 0.941. The number of amidine groups is 1. The lowest BCUT2D eigenvalue weighted by Gasteiger charge is -2.35. The fourth-order valence-electron chi connectivity index (χ4n) is 4.70. The summed E-state index contributed by atoms with van der Waals surface area (Å²) in [4.78, 5) is 26.4. The highest BCUT2D eigenvalue weighted by molar-refractivity contribution is 7.17. The molecule has 198 valence electrons. The number of para-hydroxylation sites is 1. The number of piperazine rings is 1. The van der Waals surface area contributed by atoms with E-state index < -0.39 is 0 Å². The fraction of sp³-hybridized carbons (Fsp3) is 0.464. The number of thiazole rings is 1. The van der Waals surface area contributed by atoms with E-state index in [9.17, 15) is 4.79 Å². The van der Waals surface area contributed by atoms with E-state index in [1.54, 1.807) is 6.20 Å². The molecule has 1 amide bonds. The number of aromatic amines is 1. The van der Waals surface area contributed by atoms with E-state index in [1.807, 2.05) is 44.2 Å². The maximum Gasteiger partial charge on any atom is 0.263 e. The van der Waals surface area contributed by atoms with Gasteiger partial charge in [0.2, 0.25) is 0 Å². The van der Waals surface area contributed by atoms with Crippen molar-refractivity contribution in [2.24, 2.45) is 5.10 Å². The first kappa shape index (κ1) is 26.7. The summed E-state index contributed by atoms with van der Waals surface area (Å²) in [6, 6.07) is 8.42. The second kappa shape index (κ2) is 12.8. The number of benzene rings is 1. The topological polar surface area (TPSA) is 79.9 Å². The van der Waals surface area contributed by atoms with Gasteiger partial charge in [-0.2, -0.15) is 5.10 Å². The van der Waals surface area contributed by atoms with Gasteiger partial charge in [-0.1, -0.05) is 55.4 Å². The standard InChI is InChI=1S/C28H39N7OS/c1-5-7-11-22(18-21-19-29-24-13-9-8-12-23(21)24)31-27(36)25-20-30-28(37-25)35-16-14-34(15-17-35)26(10-6-2)32-33(3)4/h6,8-10,12-13,19-20,22,29H,5,7,11,14-18H2,1-4H3,(H,31,36)/b10-6-,32-26+. The van der Waals surface area contributed by atoms with Crippen LogP contribution in [0.4, 0.5) is 5.13 Å². The normalized spacial score (nSPS) is 15.5. The van der Waals surface area contributed by atoms with Crippen LogP contribution in [0, 0.1) is 0 Å². The smallest absolute Gasteiger partial charge is 0.263 e. The maximum atomic E-state index is 13.2. The minimum Gasteiger partial charge on any atom is -0.361 e. The summed E-state index contributed by atoms with van der Waals surface area (Å²) in [6.45, 7) is 7.62. The predicted molar refractivity (Wildman–Crippen MR) is 155 cm³/mol. The minimum atomic E-state index is -0.0307. The third-order valence-electron chi connectivity index (χ3n) is 6.59. The van der Waals surface area contributed by atoms with E-state index in [-0.39, 0.29) is 11.9 Å². The fourth-order valence-corrected chi connectivity index (χ4v) is 5.57. The number of amides is 1. The van der Waals surface area contributed by atoms with Gasteiger partial charge < -0.3 is 25.1 Å². The number of nitrogens with one attached hydrogen (secondary N) is 2. The molecule has 0 aliphatic carbocycles. The molecule has 2 N–H and O–H groups in total. The summed E-state index contributed by atoms with van der Waals surface area (Å²) in [5.41, 5.74) is 2.38. The van der Waals surface area contributed by atoms with Crippen molar-refractivity contribution in [1.82, 2.24) is 25.2 Å². The highest BCUT2D eigenvalue weighted by Crippen LogP contribution is 2.25. The molecule has 1 saturated heterocycles. The van der Waals surface area contributed by atoms with Crippen molar-refractivity contribution in [3.05, 3.63) is 59.3 Å². The Hall–Kier alpha value is -3.33. The van der Waals surface area contributed by atoms with Crippen LogP contribution in [0.2, 0.25) is 0 Å². The van der Waals surface area contributed by atoms with Crippen molar-refractivity contribution in [3.8, 4) is 0 Å². The van der Waals surface area contributed by atoms with E-state index in [4.69, 9.17) is 0 Å². The lowest BCUT2D eigenvalue weighted by molar-refractivity contribution is 0.0938. The van der Waals surface area contributed by atoms with Crippen LogP contribution in [0.15, 0.2) is 53.9 Å². The Labute approximate surface area is 224 Å². The van der Waals surface area contributed by atoms with E-state index in [0.29, 0.717) is 4.88 Å². The molecule has 37 heavy (non-hydrogen) atoms. The van der Waals surface area contributed by atoms with Crippen molar-refractivity contribution >= 4 is 39.1 Å². The number of aromatic nitrogens is 2. The molecule has 1 aliphatic rings. The Bertz CT molecular complexity index is 1220. The second-order valence-corrected chi connectivity index (χ2v) is 10.7. The predicted octanol–water partition coefficient (Wildman–Crippen LogP) is 4.73. The first-order valence-electron chi connectivity index (χ1n) is 13.2. The van der Waals surface area contributed by atoms with Gasteiger partial charge in [-0.15, -0.1) is 0 Å². The number of carbonyl (C=O) groups excluding carboxylic acids is 1. The number of hydrazone groups is 1. The molecule has 8 nitrogen and oxygen atoms in total. The maximum absolute atomic E-state index is 13.2. The van der Waals surface area contributed by atoms with Gasteiger partial charge >= 0.3 is 0 Å². The van der Waals surface area contributed by atoms with Crippen molar-refractivity contribution in [1.29, 1.82) is 0 Å². The number of fused-ring (bicyclic) bond motifs is 1. The largest absolute Gasteiger partial charge is 0.361 e. The summed E-state index contributed by atoms with van der Waals surface area (Å²) in [5, 5.41) is 11.9. The molecular weight excluding hydrogens is 482 g/mol. The third kappa shape index (κ3) is 6.91. The zero-order valence-corrected chi connectivity index (χ0v) is 23.2. The molecule has 3 heterocycles. The summed E-state index contributed by atoms with van der Waals surface area (Å²) >= 11 is 1.48. The first-order chi connectivity index (χ1) is 18.0. The number of unbranched alkanes of at least 4 members (excludes halogenated alkanes) is 1. The molecule has 9 heteroatoms. The van der Waals surface area contributed by atoms with Crippen LogP contribution in [-0.4, -0.2) is 77.9 Å². The minimum absolute atomic E-state index is 0.0307. The molecule has 0 radical (unpaired) electrons. The van der Waals surface area contributed by atoms with Crippen LogP contribution < -0.4 is 10.2 Å². The molecule has 0 spiro atoms. The molecule has 1 atom stereocenters. The number of rotatable bonds is 10. The lowest BCUT2D eigenvalue weighted by Crippen LogP contribution is -2.48. The average Bonchev–Trinajstić information content (AvgIpc) is 3.55. The van der Waals surface area contributed by atoms with Gasteiger partial charge in [0.1, 0.15) is 10.7 Å². The molecule has 1 aliphatic heterocycles. The Morgan fingerprint density at radius 2 is 2.05 bits per heavy atom. The number of nitrogens with zero attached hydrogens (tertiary/aromatic N) is 5. The van der Waals surface area contributed by atoms with Gasteiger partial charge in [0.25, 0.3) is 5.91 Å². The molecule has 3 aromatic rings. The van der Waals surface area contributed by atoms with Gasteiger partial charge in [-0.25, -0.2) is 4.98 Å². The molecule has 0 bridgehead atoms. The summed E-state index contributed by atoms with van der Waals surface area (Å²) in [6.07, 6.45) is 11.8. The molecule has 1 aromatic carbocycles. The van der Waals surface area contributed by atoms with E-state index in [0.717, 1.165) is 68.3 Å². The Kier molecular flexibility index (Phi) is 9.22.